The van der Waals surface area contributed by atoms with Crippen LogP contribution >= 0.6 is 0 Å². The van der Waals surface area contributed by atoms with Gasteiger partial charge in [-0.05, 0) is 31.1 Å². The molecule has 0 bridgehead atoms. The first-order valence-electron chi connectivity index (χ1n) is 7.81. The predicted molar refractivity (Wildman–Crippen MR) is 82.9 cm³/mol. The average Bonchev–Trinajstić information content (AvgIpc) is 2.87. The number of nitrogens with one attached hydrogen (secondary N) is 1. The minimum absolute atomic E-state index is 0.316. The van der Waals surface area contributed by atoms with Crippen LogP contribution in [0.1, 0.15) is 32.4 Å². The largest absolute Gasteiger partial charge is 0.374 e. The third kappa shape index (κ3) is 3.84. The van der Waals surface area contributed by atoms with Crippen LogP contribution in [0, 0.1) is 5.92 Å². The number of morpholine rings is 1. The lowest BCUT2D eigenvalue weighted by Crippen LogP contribution is -2.43. The third-order valence-electron chi connectivity index (χ3n) is 4.19. The summed E-state index contributed by atoms with van der Waals surface area (Å²) >= 11 is 0. The van der Waals surface area contributed by atoms with Crippen LogP contribution in [0.15, 0.2) is 18.5 Å². The summed E-state index contributed by atoms with van der Waals surface area (Å²) in [6, 6.07) is 2.65. The maximum atomic E-state index is 5.88. The van der Waals surface area contributed by atoms with Crippen molar-refractivity contribution in [3.05, 3.63) is 24.0 Å². The molecular weight excluding hydrogens is 250 g/mol. The Kier molecular flexibility index (Phi) is 5.64. The lowest BCUT2D eigenvalue weighted by Gasteiger charge is -2.32. The Morgan fingerprint density at radius 1 is 1.45 bits per heavy atom. The van der Waals surface area contributed by atoms with Crippen molar-refractivity contribution in [3.63, 3.8) is 0 Å². The first-order chi connectivity index (χ1) is 9.63. The number of aromatic nitrogens is 1. The molecule has 2 rings (SSSR count). The molecule has 0 aliphatic carbocycles. The molecule has 1 aliphatic heterocycles. The van der Waals surface area contributed by atoms with Gasteiger partial charge in [0.15, 0.2) is 0 Å². The summed E-state index contributed by atoms with van der Waals surface area (Å²) in [7, 11) is 2.03. The molecule has 1 saturated heterocycles. The number of ether oxygens (including phenoxy) is 1. The van der Waals surface area contributed by atoms with Crippen LogP contribution in [-0.2, 0) is 11.3 Å². The van der Waals surface area contributed by atoms with E-state index in [4.69, 9.17) is 4.74 Å². The number of likely N-dealkylation sites (N-methyl/N-ethyl adjacent to an activating group) is 1. The molecule has 1 aromatic heterocycles. The van der Waals surface area contributed by atoms with E-state index in [1.807, 2.05) is 7.05 Å². The maximum Gasteiger partial charge on any atom is 0.0880 e. The van der Waals surface area contributed by atoms with E-state index in [2.05, 4.69) is 54.0 Å². The number of nitrogens with zero attached hydrogens (tertiary/aromatic N) is 2. The second-order valence-corrected chi connectivity index (χ2v) is 6.04. The van der Waals surface area contributed by atoms with Crippen molar-refractivity contribution in [1.29, 1.82) is 0 Å². The minimum Gasteiger partial charge on any atom is -0.374 e. The Morgan fingerprint density at radius 2 is 2.25 bits per heavy atom. The molecule has 1 aliphatic rings. The molecule has 1 fully saturated rings. The molecule has 4 heteroatoms. The van der Waals surface area contributed by atoms with Gasteiger partial charge in [-0.3, -0.25) is 4.90 Å². The van der Waals surface area contributed by atoms with Crippen LogP contribution < -0.4 is 5.32 Å². The van der Waals surface area contributed by atoms with Crippen LogP contribution in [0.4, 0.5) is 0 Å². The van der Waals surface area contributed by atoms with Gasteiger partial charge in [0.25, 0.3) is 0 Å². The SMILES string of the molecule is CCN1CCOC(Cn2ccc(C(NC)C(C)C)c2)C1. The highest BCUT2D eigenvalue weighted by Gasteiger charge is 2.20. The van der Waals surface area contributed by atoms with Crippen molar-refractivity contribution in [2.45, 2.75) is 39.5 Å². The first-order valence-corrected chi connectivity index (χ1v) is 7.81. The van der Waals surface area contributed by atoms with Gasteiger partial charge in [-0.15, -0.1) is 0 Å². The quantitative estimate of drug-likeness (QED) is 0.865. The van der Waals surface area contributed by atoms with Crippen molar-refractivity contribution >= 4 is 0 Å². The molecule has 2 heterocycles. The van der Waals surface area contributed by atoms with Crippen LogP contribution in [-0.4, -0.2) is 48.9 Å². The summed E-state index contributed by atoms with van der Waals surface area (Å²) < 4.78 is 8.15. The van der Waals surface area contributed by atoms with E-state index < -0.39 is 0 Å². The van der Waals surface area contributed by atoms with E-state index >= 15 is 0 Å². The molecule has 0 radical (unpaired) electrons. The zero-order valence-electron chi connectivity index (χ0n) is 13.3. The molecule has 1 N–H and O–H groups in total. The minimum atomic E-state index is 0.316. The normalized spacial score (nSPS) is 22.4. The van der Waals surface area contributed by atoms with Crippen molar-refractivity contribution in [2.24, 2.45) is 5.92 Å². The van der Waals surface area contributed by atoms with Gasteiger partial charge in [-0.2, -0.15) is 0 Å². The van der Waals surface area contributed by atoms with Gasteiger partial charge in [0.1, 0.15) is 0 Å². The summed E-state index contributed by atoms with van der Waals surface area (Å²) in [4.78, 5) is 2.46. The fourth-order valence-corrected chi connectivity index (χ4v) is 3.06. The van der Waals surface area contributed by atoms with Gasteiger partial charge >= 0.3 is 0 Å². The monoisotopic (exact) mass is 279 g/mol. The zero-order valence-corrected chi connectivity index (χ0v) is 13.3. The smallest absolute Gasteiger partial charge is 0.0880 e. The standard InChI is InChI=1S/C16H29N3O/c1-5-18-8-9-20-15(11-18)12-19-7-6-14(10-19)16(17-4)13(2)3/h6-7,10,13,15-17H,5,8-9,11-12H2,1-4H3. The van der Waals surface area contributed by atoms with E-state index in [0.29, 0.717) is 18.1 Å². The van der Waals surface area contributed by atoms with Gasteiger partial charge in [0, 0.05) is 38.1 Å². The molecular formula is C16H29N3O. The van der Waals surface area contributed by atoms with E-state index in [0.717, 1.165) is 32.8 Å². The molecule has 0 aromatic carbocycles. The fraction of sp³-hybridized carbons (Fsp3) is 0.750. The second kappa shape index (κ2) is 7.25. The van der Waals surface area contributed by atoms with Crippen molar-refractivity contribution in [2.75, 3.05) is 33.3 Å². The van der Waals surface area contributed by atoms with Crippen LogP contribution in [0.25, 0.3) is 0 Å². The molecule has 2 atom stereocenters. The van der Waals surface area contributed by atoms with Crippen LogP contribution in [0.2, 0.25) is 0 Å². The molecule has 114 valence electrons. The summed E-state index contributed by atoms with van der Waals surface area (Å²) in [5.41, 5.74) is 1.37. The molecule has 0 saturated carbocycles. The molecule has 1 aromatic rings. The highest BCUT2D eigenvalue weighted by Crippen LogP contribution is 2.21. The summed E-state index contributed by atoms with van der Waals surface area (Å²) in [6.45, 7) is 11.8. The Balaban J connectivity index is 1.95. The predicted octanol–water partition coefficient (Wildman–Crippen LogP) is 2.13. The van der Waals surface area contributed by atoms with E-state index in [1.165, 1.54) is 5.56 Å². The number of rotatable bonds is 6. The highest BCUT2D eigenvalue weighted by molar-refractivity contribution is 5.16. The average molecular weight is 279 g/mol. The molecule has 20 heavy (non-hydrogen) atoms. The van der Waals surface area contributed by atoms with Crippen molar-refractivity contribution in [3.8, 4) is 0 Å². The van der Waals surface area contributed by atoms with Gasteiger partial charge in [-0.25, -0.2) is 0 Å². The van der Waals surface area contributed by atoms with Crippen LogP contribution in [0.5, 0.6) is 0 Å². The number of hydrogen-bond donors (Lipinski definition) is 1. The summed E-state index contributed by atoms with van der Waals surface area (Å²) in [6.07, 6.45) is 4.75. The Morgan fingerprint density at radius 3 is 2.90 bits per heavy atom. The molecule has 0 amide bonds. The van der Waals surface area contributed by atoms with E-state index in [-0.39, 0.29) is 0 Å². The van der Waals surface area contributed by atoms with Gasteiger partial charge < -0.3 is 14.6 Å². The summed E-state index contributed by atoms with van der Waals surface area (Å²) in [5, 5.41) is 3.40. The summed E-state index contributed by atoms with van der Waals surface area (Å²) in [5.74, 6) is 0.595. The number of hydrogen-bond acceptors (Lipinski definition) is 3. The molecule has 2 unspecified atom stereocenters. The van der Waals surface area contributed by atoms with E-state index in [1.54, 1.807) is 0 Å². The van der Waals surface area contributed by atoms with E-state index in [9.17, 15) is 0 Å². The van der Waals surface area contributed by atoms with Gasteiger partial charge in [-0.1, -0.05) is 20.8 Å². The van der Waals surface area contributed by atoms with Crippen molar-refractivity contribution in [1.82, 2.24) is 14.8 Å². The van der Waals surface area contributed by atoms with Gasteiger partial charge in [0.05, 0.1) is 12.7 Å². The topological polar surface area (TPSA) is 29.4 Å². The molecule has 0 spiro atoms. The molecule has 4 nitrogen and oxygen atoms in total. The highest BCUT2D eigenvalue weighted by atomic mass is 16.5. The Labute approximate surface area is 123 Å². The third-order valence-corrected chi connectivity index (χ3v) is 4.19. The lowest BCUT2D eigenvalue weighted by molar-refractivity contribution is -0.0342. The lowest BCUT2D eigenvalue weighted by atomic mass is 9.99. The van der Waals surface area contributed by atoms with Crippen molar-refractivity contribution < 1.29 is 4.74 Å². The fourth-order valence-electron chi connectivity index (χ4n) is 3.06. The van der Waals surface area contributed by atoms with Crippen LogP contribution in [0.3, 0.4) is 0 Å². The first kappa shape index (κ1) is 15.5. The second-order valence-electron chi connectivity index (χ2n) is 6.04. The Hall–Kier alpha value is -0.840. The maximum absolute atomic E-state index is 5.88. The Bertz CT molecular complexity index is 402. The van der Waals surface area contributed by atoms with Gasteiger partial charge in [0.2, 0.25) is 0 Å². The zero-order chi connectivity index (χ0) is 14.5.